The smallest absolute Gasteiger partial charge is 0.410 e. The number of ketones is 1. The van der Waals surface area contributed by atoms with Crippen LogP contribution in [-0.4, -0.2) is 41.1 Å². The number of carbonyl (C=O) groups is 2. The minimum absolute atomic E-state index is 0.0709. The molecule has 164 valence electrons. The van der Waals surface area contributed by atoms with Gasteiger partial charge in [-0.15, -0.1) is 0 Å². The molecular formula is C25H29NO5. The van der Waals surface area contributed by atoms with Crippen molar-refractivity contribution < 1.29 is 23.8 Å². The first-order valence-electron chi connectivity index (χ1n) is 10.7. The van der Waals surface area contributed by atoms with Gasteiger partial charge in [0.1, 0.15) is 29.3 Å². The number of ether oxygens (including phenoxy) is 3. The van der Waals surface area contributed by atoms with Crippen LogP contribution >= 0.6 is 0 Å². The summed E-state index contributed by atoms with van der Waals surface area (Å²) in [5, 5.41) is 0. The molecule has 0 saturated carbocycles. The number of piperidine rings is 1. The van der Waals surface area contributed by atoms with Gasteiger partial charge in [0.15, 0.2) is 5.78 Å². The van der Waals surface area contributed by atoms with Crippen molar-refractivity contribution in [1.29, 1.82) is 0 Å². The van der Waals surface area contributed by atoms with Crippen LogP contribution in [-0.2, 0) is 11.3 Å². The zero-order valence-electron chi connectivity index (χ0n) is 18.3. The number of fused-ring (bicyclic) bond motifs is 1. The van der Waals surface area contributed by atoms with Gasteiger partial charge in [-0.05, 0) is 38.5 Å². The van der Waals surface area contributed by atoms with Crippen molar-refractivity contribution in [2.75, 3.05) is 13.1 Å². The minimum Gasteiger partial charge on any atom is -0.489 e. The molecule has 0 atom stereocenters. The van der Waals surface area contributed by atoms with E-state index in [-0.39, 0.29) is 11.9 Å². The van der Waals surface area contributed by atoms with Gasteiger partial charge in [-0.25, -0.2) is 4.79 Å². The first kappa shape index (κ1) is 21.2. The molecule has 0 aromatic heterocycles. The van der Waals surface area contributed by atoms with Gasteiger partial charge in [-0.2, -0.15) is 0 Å². The molecule has 0 bridgehead atoms. The molecule has 1 saturated heterocycles. The number of nitrogens with zero attached hydrogens (tertiary/aromatic N) is 1. The van der Waals surface area contributed by atoms with Gasteiger partial charge in [0, 0.05) is 32.0 Å². The molecule has 4 rings (SSSR count). The van der Waals surface area contributed by atoms with Crippen LogP contribution in [0.3, 0.4) is 0 Å². The van der Waals surface area contributed by atoms with Crippen molar-refractivity contribution in [2.24, 2.45) is 0 Å². The second-order valence-corrected chi connectivity index (χ2v) is 9.28. The number of amides is 1. The maximum Gasteiger partial charge on any atom is 0.410 e. The van der Waals surface area contributed by atoms with E-state index in [4.69, 9.17) is 14.2 Å². The molecule has 2 heterocycles. The molecule has 31 heavy (non-hydrogen) atoms. The quantitative estimate of drug-likeness (QED) is 0.695. The number of hydrogen-bond acceptors (Lipinski definition) is 5. The summed E-state index contributed by atoms with van der Waals surface area (Å²) in [6.07, 6.45) is 1.19. The number of rotatable bonds is 3. The van der Waals surface area contributed by atoms with Crippen molar-refractivity contribution >= 4 is 11.9 Å². The Bertz CT molecular complexity index is 956. The van der Waals surface area contributed by atoms with Crippen molar-refractivity contribution in [3.63, 3.8) is 0 Å². The number of Topliss-reactive ketones (excluding diaryl/α,β-unsaturated/α-hetero) is 1. The SMILES string of the molecule is CC(C)(C)OC(=O)N1CCC2(CC1)CC(=O)c1ccc(OCc3ccccc3)cc1O2. The third-order valence-electron chi connectivity index (χ3n) is 5.64. The minimum atomic E-state index is -0.583. The Labute approximate surface area is 183 Å². The van der Waals surface area contributed by atoms with Gasteiger partial charge in [-0.3, -0.25) is 4.79 Å². The molecule has 0 radical (unpaired) electrons. The number of likely N-dealkylation sites (tertiary alicyclic amines) is 1. The zero-order valence-corrected chi connectivity index (χ0v) is 18.3. The highest BCUT2D eigenvalue weighted by Gasteiger charge is 2.44. The van der Waals surface area contributed by atoms with Crippen LogP contribution in [0.5, 0.6) is 11.5 Å². The Morgan fingerprint density at radius 2 is 1.81 bits per heavy atom. The first-order chi connectivity index (χ1) is 14.7. The highest BCUT2D eigenvalue weighted by molar-refractivity contribution is 6.00. The Morgan fingerprint density at radius 3 is 2.48 bits per heavy atom. The van der Waals surface area contributed by atoms with Crippen molar-refractivity contribution in [3.05, 3.63) is 59.7 Å². The van der Waals surface area contributed by atoms with E-state index in [2.05, 4.69) is 0 Å². The average molecular weight is 424 g/mol. The summed E-state index contributed by atoms with van der Waals surface area (Å²) in [6.45, 7) is 7.02. The van der Waals surface area contributed by atoms with Crippen molar-refractivity contribution in [2.45, 2.75) is 57.8 Å². The largest absolute Gasteiger partial charge is 0.489 e. The van der Waals surface area contributed by atoms with E-state index >= 15 is 0 Å². The van der Waals surface area contributed by atoms with E-state index in [1.54, 1.807) is 17.0 Å². The van der Waals surface area contributed by atoms with Crippen LogP contribution in [0.15, 0.2) is 48.5 Å². The van der Waals surface area contributed by atoms with E-state index in [1.165, 1.54) is 0 Å². The van der Waals surface area contributed by atoms with Crippen LogP contribution < -0.4 is 9.47 Å². The van der Waals surface area contributed by atoms with Crippen LogP contribution in [0.1, 0.15) is 56.0 Å². The first-order valence-corrected chi connectivity index (χ1v) is 10.7. The molecule has 2 aliphatic rings. The van der Waals surface area contributed by atoms with Gasteiger partial charge < -0.3 is 19.1 Å². The summed E-state index contributed by atoms with van der Waals surface area (Å²) in [5.41, 5.74) is 0.551. The second-order valence-electron chi connectivity index (χ2n) is 9.28. The fourth-order valence-corrected chi connectivity index (χ4v) is 4.01. The van der Waals surface area contributed by atoms with Crippen LogP contribution in [0, 0.1) is 0 Å². The topological polar surface area (TPSA) is 65.1 Å². The highest BCUT2D eigenvalue weighted by Crippen LogP contribution is 2.41. The summed E-state index contributed by atoms with van der Waals surface area (Å²) in [4.78, 5) is 26.9. The second kappa shape index (κ2) is 8.25. The highest BCUT2D eigenvalue weighted by atomic mass is 16.6. The maximum absolute atomic E-state index is 12.8. The Balaban J connectivity index is 1.43. The van der Waals surface area contributed by atoms with Crippen LogP contribution in [0.4, 0.5) is 4.79 Å². The predicted molar refractivity (Wildman–Crippen MR) is 117 cm³/mol. The number of hydrogen-bond donors (Lipinski definition) is 0. The average Bonchev–Trinajstić information content (AvgIpc) is 2.72. The molecule has 0 aliphatic carbocycles. The lowest BCUT2D eigenvalue weighted by molar-refractivity contribution is -0.0227. The molecule has 6 heteroatoms. The van der Waals surface area contributed by atoms with Crippen molar-refractivity contribution in [3.8, 4) is 11.5 Å². The molecule has 1 fully saturated rings. The van der Waals surface area contributed by atoms with Gasteiger partial charge >= 0.3 is 6.09 Å². The normalized spacial score (nSPS) is 17.6. The Hall–Kier alpha value is -3.02. The lowest BCUT2D eigenvalue weighted by Crippen LogP contribution is -2.52. The fourth-order valence-electron chi connectivity index (χ4n) is 4.01. The third-order valence-corrected chi connectivity index (χ3v) is 5.64. The van der Waals surface area contributed by atoms with Crippen LogP contribution in [0.2, 0.25) is 0 Å². The molecule has 2 aromatic carbocycles. The van der Waals surface area contributed by atoms with Gasteiger partial charge in [0.2, 0.25) is 0 Å². The molecule has 1 amide bonds. The van der Waals surface area contributed by atoms with Gasteiger partial charge in [-0.1, -0.05) is 30.3 Å². The standard InChI is InChI=1S/C25H29NO5/c1-24(2,3)31-23(28)26-13-11-25(12-14-26)16-21(27)20-10-9-19(15-22(20)30-25)29-17-18-7-5-4-6-8-18/h4-10,15H,11-14,16-17H2,1-3H3. The van der Waals surface area contributed by atoms with Crippen LogP contribution in [0.25, 0.3) is 0 Å². The molecule has 1 spiro atoms. The lowest BCUT2D eigenvalue weighted by Gasteiger charge is -2.44. The Kier molecular flexibility index (Phi) is 5.65. The van der Waals surface area contributed by atoms with Gasteiger partial charge in [0.25, 0.3) is 0 Å². The van der Waals surface area contributed by atoms with E-state index in [9.17, 15) is 9.59 Å². The van der Waals surface area contributed by atoms with E-state index in [0.717, 1.165) is 5.56 Å². The molecule has 2 aliphatic heterocycles. The number of carbonyl (C=O) groups excluding carboxylic acids is 2. The molecule has 2 aromatic rings. The molecular weight excluding hydrogens is 394 g/mol. The fraction of sp³-hybridized carbons (Fsp3) is 0.440. The summed E-state index contributed by atoms with van der Waals surface area (Å²) >= 11 is 0. The number of benzene rings is 2. The predicted octanol–water partition coefficient (Wildman–Crippen LogP) is 5.00. The summed E-state index contributed by atoms with van der Waals surface area (Å²) in [7, 11) is 0. The summed E-state index contributed by atoms with van der Waals surface area (Å²) in [5.74, 6) is 1.30. The molecule has 0 N–H and O–H groups in total. The molecule has 6 nitrogen and oxygen atoms in total. The zero-order chi connectivity index (χ0) is 22.1. The Morgan fingerprint density at radius 1 is 1.10 bits per heavy atom. The lowest BCUT2D eigenvalue weighted by atomic mass is 9.82. The van der Waals surface area contributed by atoms with E-state index in [1.807, 2.05) is 57.2 Å². The third kappa shape index (κ3) is 5.01. The summed E-state index contributed by atoms with van der Waals surface area (Å²) < 4.78 is 17.7. The van der Waals surface area contributed by atoms with Gasteiger partial charge in [0.05, 0.1) is 12.0 Å². The monoisotopic (exact) mass is 423 g/mol. The molecule has 0 unspecified atom stereocenters. The maximum atomic E-state index is 12.8. The van der Waals surface area contributed by atoms with E-state index < -0.39 is 11.2 Å². The van der Waals surface area contributed by atoms with Crippen molar-refractivity contribution in [1.82, 2.24) is 4.90 Å². The van der Waals surface area contributed by atoms with E-state index in [0.29, 0.717) is 56.0 Å². The summed E-state index contributed by atoms with van der Waals surface area (Å²) in [6, 6.07) is 15.3.